The third-order valence-electron chi connectivity index (χ3n) is 7.24. The van der Waals surface area contributed by atoms with E-state index in [1.54, 1.807) is 7.11 Å². The molecule has 192 valence electrons. The average Bonchev–Trinajstić information content (AvgIpc) is 3.15. The van der Waals surface area contributed by atoms with E-state index < -0.39 is 12.1 Å². The lowest BCUT2D eigenvalue weighted by molar-refractivity contribution is -0.128. The van der Waals surface area contributed by atoms with E-state index in [2.05, 4.69) is 24.5 Å². The van der Waals surface area contributed by atoms with E-state index in [0.29, 0.717) is 37.7 Å². The Bertz CT molecular complexity index is 1080. The van der Waals surface area contributed by atoms with E-state index in [-0.39, 0.29) is 36.6 Å². The highest BCUT2D eigenvalue weighted by Gasteiger charge is 2.44. The van der Waals surface area contributed by atoms with E-state index >= 15 is 0 Å². The number of carbonyl (C=O) groups excluding carboxylic acids is 3. The van der Waals surface area contributed by atoms with E-state index in [1.807, 2.05) is 48.5 Å². The number of anilines is 1. The van der Waals surface area contributed by atoms with Crippen LogP contribution in [0.1, 0.15) is 56.6 Å². The van der Waals surface area contributed by atoms with Crippen LogP contribution in [0, 0.1) is 0 Å². The largest absolute Gasteiger partial charge is 0.497 e. The first-order valence-corrected chi connectivity index (χ1v) is 12.6. The zero-order chi connectivity index (χ0) is 25.7. The van der Waals surface area contributed by atoms with Gasteiger partial charge in [-0.1, -0.05) is 38.1 Å². The smallest absolute Gasteiger partial charge is 0.324 e. The molecule has 0 spiro atoms. The third-order valence-corrected chi connectivity index (χ3v) is 7.24. The fourth-order valence-electron chi connectivity index (χ4n) is 4.92. The summed E-state index contributed by atoms with van der Waals surface area (Å²) < 4.78 is 10.9. The zero-order valence-corrected chi connectivity index (χ0v) is 21.2. The zero-order valence-electron chi connectivity index (χ0n) is 21.2. The number of nitrogens with zero attached hydrogens (tertiary/aromatic N) is 1. The van der Waals surface area contributed by atoms with Crippen molar-refractivity contribution in [3.63, 3.8) is 0 Å². The molecule has 0 aliphatic carbocycles. The summed E-state index contributed by atoms with van der Waals surface area (Å²) >= 11 is 0. The summed E-state index contributed by atoms with van der Waals surface area (Å²) in [6, 6.07) is 14.4. The van der Waals surface area contributed by atoms with Gasteiger partial charge in [-0.25, -0.2) is 4.79 Å². The lowest BCUT2D eigenvalue weighted by Gasteiger charge is -2.39. The topological polar surface area (TPSA) is 97.0 Å². The van der Waals surface area contributed by atoms with Crippen molar-refractivity contribution >= 4 is 23.5 Å². The Morgan fingerprint density at radius 1 is 1.11 bits per heavy atom. The monoisotopic (exact) mass is 493 g/mol. The average molecular weight is 494 g/mol. The molecular weight excluding hydrogens is 458 g/mol. The molecule has 0 aromatic heterocycles. The number of amides is 4. The van der Waals surface area contributed by atoms with Gasteiger partial charge in [-0.2, -0.15) is 0 Å². The van der Waals surface area contributed by atoms with Gasteiger partial charge >= 0.3 is 6.03 Å². The second-order valence-corrected chi connectivity index (χ2v) is 9.91. The highest BCUT2D eigenvalue weighted by Crippen LogP contribution is 2.37. The molecular formula is C28H35N3O5. The molecule has 0 bridgehead atoms. The minimum absolute atomic E-state index is 0.133. The van der Waals surface area contributed by atoms with E-state index in [9.17, 15) is 14.4 Å². The van der Waals surface area contributed by atoms with E-state index in [0.717, 1.165) is 11.3 Å². The molecule has 4 amide bonds. The summed E-state index contributed by atoms with van der Waals surface area (Å²) in [6.45, 7) is 5.64. The molecule has 1 atom stereocenters. The van der Waals surface area contributed by atoms with Gasteiger partial charge in [-0.15, -0.1) is 0 Å². The van der Waals surface area contributed by atoms with Crippen LogP contribution < -0.4 is 15.4 Å². The number of rotatable bonds is 9. The van der Waals surface area contributed by atoms with Crippen LogP contribution in [0.25, 0.3) is 0 Å². The number of hydrogen-bond donors (Lipinski definition) is 2. The number of ether oxygens (including phenoxy) is 2. The van der Waals surface area contributed by atoms with Gasteiger partial charge < -0.3 is 20.1 Å². The van der Waals surface area contributed by atoms with Gasteiger partial charge in [-0.05, 0) is 60.6 Å². The number of urea groups is 1. The van der Waals surface area contributed by atoms with Crippen molar-refractivity contribution in [1.82, 2.24) is 10.2 Å². The molecule has 2 fully saturated rings. The van der Waals surface area contributed by atoms with Crippen LogP contribution in [0.2, 0.25) is 0 Å². The molecule has 2 aliphatic heterocycles. The normalized spacial score (nSPS) is 19.3. The molecule has 0 saturated carbocycles. The fourth-order valence-corrected chi connectivity index (χ4v) is 4.92. The van der Waals surface area contributed by atoms with Crippen LogP contribution in [0.15, 0.2) is 48.5 Å². The van der Waals surface area contributed by atoms with Gasteiger partial charge in [0.05, 0.1) is 7.11 Å². The molecule has 4 rings (SSSR count). The number of methoxy groups -OCH3 is 1. The summed E-state index contributed by atoms with van der Waals surface area (Å²) in [5.74, 6) is 0.699. The second-order valence-electron chi connectivity index (χ2n) is 9.91. The predicted octanol–water partition coefficient (Wildman–Crippen LogP) is 4.21. The highest BCUT2D eigenvalue weighted by atomic mass is 16.5. The van der Waals surface area contributed by atoms with Crippen molar-refractivity contribution in [2.75, 3.05) is 32.2 Å². The van der Waals surface area contributed by atoms with Crippen molar-refractivity contribution in [2.45, 2.75) is 56.9 Å². The molecule has 8 nitrogen and oxygen atoms in total. The van der Waals surface area contributed by atoms with Gasteiger partial charge in [0.15, 0.2) is 0 Å². The maximum atomic E-state index is 13.2. The molecule has 2 N–H and O–H groups in total. The number of benzene rings is 2. The van der Waals surface area contributed by atoms with Crippen molar-refractivity contribution in [1.29, 1.82) is 0 Å². The Balaban J connectivity index is 1.38. The minimum Gasteiger partial charge on any atom is -0.497 e. The van der Waals surface area contributed by atoms with Gasteiger partial charge in [0, 0.05) is 37.3 Å². The molecule has 0 radical (unpaired) electrons. The molecule has 8 heteroatoms. The van der Waals surface area contributed by atoms with Crippen molar-refractivity contribution < 1.29 is 23.9 Å². The van der Waals surface area contributed by atoms with Crippen LogP contribution in [0.5, 0.6) is 5.75 Å². The van der Waals surface area contributed by atoms with Gasteiger partial charge in [0.25, 0.3) is 5.91 Å². The number of imide groups is 1. The summed E-state index contributed by atoms with van der Waals surface area (Å²) in [4.78, 5) is 39.8. The summed E-state index contributed by atoms with van der Waals surface area (Å²) in [7, 11) is 1.62. The third kappa shape index (κ3) is 5.70. The van der Waals surface area contributed by atoms with Crippen LogP contribution >= 0.6 is 0 Å². The lowest BCUT2D eigenvalue weighted by Crippen LogP contribution is -2.47. The standard InChI is InChI=1S/C28H35N3O5/c1-19(2)20-4-8-22(9-5-20)29-25(32)13-12-24-26(33)31(27(34)30-24)18-28(14-16-36-17-15-28)21-6-10-23(35-3)11-7-21/h4-11,19,24H,12-18H2,1-3H3,(H,29,32)(H,30,34)/t24-/m0/s1. The molecule has 36 heavy (non-hydrogen) atoms. The first kappa shape index (κ1) is 25.7. The summed E-state index contributed by atoms with van der Waals surface area (Å²) in [6.07, 6.45) is 1.79. The quantitative estimate of drug-likeness (QED) is 0.510. The maximum Gasteiger partial charge on any atom is 0.324 e. The van der Waals surface area contributed by atoms with Crippen molar-refractivity contribution in [2.24, 2.45) is 0 Å². The Hall–Kier alpha value is -3.39. The Morgan fingerprint density at radius 3 is 2.39 bits per heavy atom. The minimum atomic E-state index is -0.709. The lowest BCUT2D eigenvalue weighted by atomic mass is 9.73. The summed E-state index contributed by atoms with van der Waals surface area (Å²) in [5, 5.41) is 5.65. The van der Waals surface area contributed by atoms with E-state index in [4.69, 9.17) is 9.47 Å². The van der Waals surface area contributed by atoms with Crippen molar-refractivity contribution in [3.05, 3.63) is 59.7 Å². The SMILES string of the molecule is COc1ccc(C2(CN3C(=O)N[C@@H](CCC(=O)Nc4ccc(C(C)C)cc4)C3=O)CCOCC2)cc1. The van der Waals surface area contributed by atoms with Crippen LogP contribution in [0.3, 0.4) is 0 Å². The number of nitrogens with one attached hydrogen (secondary N) is 2. The van der Waals surface area contributed by atoms with Gasteiger partial charge in [0.1, 0.15) is 11.8 Å². The first-order valence-electron chi connectivity index (χ1n) is 12.6. The maximum absolute atomic E-state index is 13.2. The predicted molar refractivity (Wildman–Crippen MR) is 137 cm³/mol. The Labute approximate surface area is 212 Å². The molecule has 2 aliphatic rings. The molecule has 0 unspecified atom stereocenters. The Kier molecular flexibility index (Phi) is 7.94. The first-order chi connectivity index (χ1) is 17.3. The summed E-state index contributed by atoms with van der Waals surface area (Å²) in [5.41, 5.74) is 2.59. The van der Waals surface area contributed by atoms with Crippen LogP contribution in [0.4, 0.5) is 10.5 Å². The molecule has 2 heterocycles. The van der Waals surface area contributed by atoms with Crippen LogP contribution in [-0.2, 0) is 19.7 Å². The van der Waals surface area contributed by atoms with Crippen LogP contribution in [-0.4, -0.2) is 55.7 Å². The number of hydrogen-bond acceptors (Lipinski definition) is 5. The van der Waals surface area contributed by atoms with Gasteiger partial charge in [-0.3, -0.25) is 14.5 Å². The highest BCUT2D eigenvalue weighted by molar-refractivity contribution is 6.04. The molecule has 2 saturated heterocycles. The van der Waals surface area contributed by atoms with Gasteiger partial charge in [0.2, 0.25) is 5.91 Å². The molecule has 2 aromatic rings. The number of carbonyl (C=O) groups is 3. The van der Waals surface area contributed by atoms with E-state index in [1.165, 1.54) is 10.5 Å². The van der Waals surface area contributed by atoms with Crippen molar-refractivity contribution in [3.8, 4) is 5.75 Å². The fraction of sp³-hybridized carbons (Fsp3) is 0.464. The molecule has 2 aromatic carbocycles. The Morgan fingerprint density at radius 2 is 1.78 bits per heavy atom. The second kappa shape index (κ2) is 11.1.